The number of ether oxygens (including phenoxy) is 4. The first-order valence-electron chi connectivity index (χ1n) is 14.1. The van der Waals surface area contributed by atoms with Crippen molar-refractivity contribution >= 4 is 28.2 Å². The van der Waals surface area contributed by atoms with E-state index in [2.05, 4.69) is 15.3 Å². The van der Waals surface area contributed by atoms with Gasteiger partial charge in [-0.2, -0.15) is 0 Å². The zero-order valence-corrected chi connectivity index (χ0v) is 25.3. The fourth-order valence-electron chi connectivity index (χ4n) is 5.22. The zero-order chi connectivity index (χ0) is 30.7. The third-order valence-electron chi connectivity index (χ3n) is 7.37. The summed E-state index contributed by atoms with van der Waals surface area (Å²) in [4.78, 5) is 17.7. The van der Waals surface area contributed by atoms with Crippen molar-refractivity contribution in [1.29, 1.82) is 0 Å². The van der Waals surface area contributed by atoms with Crippen LogP contribution < -0.4 is 19.5 Å². The lowest BCUT2D eigenvalue weighted by atomic mass is 9.88. The van der Waals surface area contributed by atoms with Crippen molar-refractivity contribution in [3.63, 3.8) is 0 Å². The van der Waals surface area contributed by atoms with E-state index in [-0.39, 0.29) is 6.10 Å². The van der Waals surface area contributed by atoms with Gasteiger partial charge in [0.05, 0.1) is 39.7 Å². The molecule has 1 saturated carbocycles. The number of pyridine rings is 1. The SMILES string of the molecule is CCOc1cccc(-c2nc3ncc(NC4(S(=O)O)CC(OCc5ccccc5)C4)nc3n2-c2c(OC)cccc2OC)n1. The van der Waals surface area contributed by atoms with Crippen LogP contribution in [0.1, 0.15) is 25.3 Å². The van der Waals surface area contributed by atoms with Gasteiger partial charge in [-0.1, -0.05) is 42.5 Å². The van der Waals surface area contributed by atoms with Crippen molar-refractivity contribution in [2.24, 2.45) is 0 Å². The van der Waals surface area contributed by atoms with Crippen LogP contribution in [0.5, 0.6) is 17.4 Å². The Bertz CT molecular complexity index is 1770. The summed E-state index contributed by atoms with van der Waals surface area (Å²) in [5.74, 6) is 2.20. The van der Waals surface area contributed by atoms with Gasteiger partial charge in [0.2, 0.25) is 5.88 Å². The van der Waals surface area contributed by atoms with Gasteiger partial charge in [0.1, 0.15) is 33.6 Å². The van der Waals surface area contributed by atoms with E-state index in [9.17, 15) is 8.76 Å². The number of nitrogens with zero attached hydrogens (tertiary/aromatic N) is 5. The number of aromatic nitrogens is 5. The molecule has 13 heteroatoms. The highest BCUT2D eigenvalue weighted by Gasteiger charge is 2.50. The summed E-state index contributed by atoms with van der Waals surface area (Å²) >= 11 is -2.21. The second kappa shape index (κ2) is 12.6. The normalized spacial score (nSPS) is 18.4. The van der Waals surface area contributed by atoms with Gasteiger partial charge in [0.25, 0.3) is 0 Å². The van der Waals surface area contributed by atoms with E-state index in [1.807, 2.05) is 55.5 Å². The standard InChI is InChI=1S/C31H32N6O6S/c1-4-42-26-15-8-12-22(33-26)29-35-28-30(37(29)27-23(40-2)13-9-14-24(27)41-3)34-25(18-32-28)36-31(44(38)39)16-21(17-31)43-19-20-10-6-5-7-11-20/h5-15,18,21H,4,16-17,19H2,1-3H3,(H,34,36)(H,38,39). The summed E-state index contributed by atoms with van der Waals surface area (Å²) < 4.78 is 47.8. The maximum Gasteiger partial charge on any atom is 0.213 e. The molecule has 12 nitrogen and oxygen atoms in total. The number of para-hydroxylation sites is 1. The van der Waals surface area contributed by atoms with Crippen LogP contribution >= 0.6 is 0 Å². The molecule has 2 N–H and O–H groups in total. The first kappa shape index (κ1) is 29.5. The van der Waals surface area contributed by atoms with Gasteiger partial charge >= 0.3 is 0 Å². The minimum atomic E-state index is -2.21. The molecule has 0 saturated heterocycles. The summed E-state index contributed by atoms with van der Waals surface area (Å²) in [7, 11) is 3.13. The van der Waals surface area contributed by atoms with Crippen LogP contribution in [0.3, 0.4) is 0 Å². The summed E-state index contributed by atoms with van der Waals surface area (Å²) in [6, 6.07) is 20.7. The predicted octanol–water partition coefficient (Wildman–Crippen LogP) is 5.00. The van der Waals surface area contributed by atoms with Crippen LogP contribution in [0.25, 0.3) is 28.5 Å². The molecule has 3 aromatic heterocycles. The molecule has 0 bridgehead atoms. The van der Waals surface area contributed by atoms with Gasteiger partial charge in [-0.05, 0) is 30.7 Å². The van der Waals surface area contributed by atoms with Gasteiger partial charge in [0, 0.05) is 18.9 Å². The van der Waals surface area contributed by atoms with Gasteiger partial charge in [-0.3, -0.25) is 4.57 Å². The quantitative estimate of drug-likeness (QED) is 0.183. The Labute approximate surface area is 256 Å². The van der Waals surface area contributed by atoms with E-state index in [1.165, 1.54) is 6.20 Å². The van der Waals surface area contributed by atoms with Crippen molar-refractivity contribution in [3.8, 4) is 34.6 Å². The first-order chi connectivity index (χ1) is 21.4. The predicted molar refractivity (Wildman–Crippen MR) is 166 cm³/mol. The Hall–Kier alpha value is -4.59. The zero-order valence-electron chi connectivity index (χ0n) is 24.5. The molecule has 0 aliphatic heterocycles. The Kier molecular flexibility index (Phi) is 8.42. The Morgan fingerprint density at radius 3 is 2.39 bits per heavy atom. The maximum absolute atomic E-state index is 12.6. The fourth-order valence-corrected chi connectivity index (χ4v) is 6.07. The second-order valence-electron chi connectivity index (χ2n) is 10.2. The highest BCUT2D eigenvalue weighted by atomic mass is 32.2. The number of benzene rings is 2. The monoisotopic (exact) mass is 616 g/mol. The third-order valence-corrected chi connectivity index (χ3v) is 8.48. The van der Waals surface area contributed by atoms with E-state index in [0.717, 1.165) is 5.56 Å². The molecule has 228 valence electrons. The number of hydrogen-bond acceptors (Lipinski definition) is 10. The molecule has 0 spiro atoms. The average molecular weight is 617 g/mol. The number of hydrogen-bond donors (Lipinski definition) is 2. The number of anilines is 1. The van der Waals surface area contributed by atoms with Gasteiger partial charge in [-0.25, -0.2) is 24.1 Å². The smallest absolute Gasteiger partial charge is 0.213 e. The van der Waals surface area contributed by atoms with Crippen LogP contribution in [0.2, 0.25) is 0 Å². The molecular weight excluding hydrogens is 584 g/mol. The van der Waals surface area contributed by atoms with E-state index in [1.54, 1.807) is 37.0 Å². The molecule has 0 radical (unpaired) electrons. The van der Waals surface area contributed by atoms with Crippen LogP contribution in [-0.4, -0.2) is 65.1 Å². The highest BCUT2D eigenvalue weighted by Crippen LogP contribution is 2.41. The van der Waals surface area contributed by atoms with Crippen molar-refractivity contribution in [2.75, 3.05) is 26.1 Å². The van der Waals surface area contributed by atoms with Crippen molar-refractivity contribution in [1.82, 2.24) is 24.5 Å². The van der Waals surface area contributed by atoms with E-state index in [4.69, 9.17) is 28.9 Å². The molecule has 1 atom stereocenters. The van der Waals surface area contributed by atoms with Crippen LogP contribution in [-0.2, 0) is 22.4 Å². The Balaban J connectivity index is 1.39. The first-order valence-corrected chi connectivity index (χ1v) is 15.2. The second-order valence-corrected chi connectivity index (χ2v) is 11.5. The van der Waals surface area contributed by atoms with Crippen LogP contribution in [0, 0.1) is 0 Å². The summed E-state index contributed by atoms with van der Waals surface area (Å²) in [5, 5.41) is 3.18. The fraction of sp³-hybridized carbons (Fsp3) is 0.290. The van der Waals surface area contributed by atoms with Crippen LogP contribution in [0.4, 0.5) is 5.82 Å². The number of methoxy groups -OCH3 is 2. The lowest BCUT2D eigenvalue weighted by molar-refractivity contribution is -0.0250. The largest absolute Gasteiger partial charge is 0.494 e. The maximum atomic E-state index is 12.6. The molecular formula is C31H32N6O6S. The Morgan fingerprint density at radius 1 is 0.977 bits per heavy atom. The molecule has 44 heavy (non-hydrogen) atoms. The van der Waals surface area contributed by atoms with Gasteiger partial charge in [0.15, 0.2) is 28.2 Å². The van der Waals surface area contributed by atoms with Crippen molar-refractivity contribution in [3.05, 3.63) is 78.5 Å². The van der Waals surface area contributed by atoms with E-state index >= 15 is 0 Å². The van der Waals surface area contributed by atoms with Crippen molar-refractivity contribution in [2.45, 2.75) is 37.3 Å². The number of nitrogens with one attached hydrogen (secondary N) is 1. The lowest BCUT2D eigenvalue weighted by Gasteiger charge is -2.45. The Morgan fingerprint density at radius 2 is 1.70 bits per heavy atom. The molecule has 3 heterocycles. The molecule has 0 amide bonds. The molecule has 6 rings (SSSR count). The molecule has 1 aliphatic rings. The summed E-state index contributed by atoms with van der Waals surface area (Å²) in [6.07, 6.45) is 1.96. The third kappa shape index (κ3) is 5.68. The number of fused-ring (bicyclic) bond motifs is 1. The molecule has 1 unspecified atom stereocenters. The molecule has 2 aromatic carbocycles. The van der Waals surface area contributed by atoms with Gasteiger partial charge in [-0.15, -0.1) is 0 Å². The summed E-state index contributed by atoms with van der Waals surface area (Å²) in [6.45, 7) is 2.77. The van der Waals surface area contributed by atoms with Crippen LogP contribution in [0.15, 0.2) is 72.9 Å². The molecule has 1 aliphatic carbocycles. The lowest BCUT2D eigenvalue weighted by Crippen LogP contribution is -2.56. The number of imidazole rings is 1. The highest BCUT2D eigenvalue weighted by molar-refractivity contribution is 7.81. The number of rotatable bonds is 12. The minimum absolute atomic E-state index is 0.186. The molecule has 1 fully saturated rings. The van der Waals surface area contributed by atoms with E-state index < -0.39 is 16.0 Å². The van der Waals surface area contributed by atoms with Gasteiger partial charge < -0.3 is 28.8 Å². The molecule has 5 aromatic rings. The van der Waals surface area contributed by atoms with Crippen molar-refractivity contribution < 1.29 is 27.7 Å². The average Bonchev–Trinajstić information content (AvgIpc) is 3.40. The van der Waals surface area contributed by atoms with E-state index in [0.29, 0.717) is 77.8 Å². The minimum Gasteiger partial charge on any atom is -0.494 e. The summed E-state index contributed by atoms with van der Waals surface area (Å²) in [5.41, 5.74) is 2.80. The topological polar surface area (TPSA) is 143 Å².